The molecule has 0 unspecified atom stereocenters. The summed E-state index contributed by atoms with van der Waals surface area (Å²) in [5.74, 6) is -0.888. The highest BCUT2D eigenvalue weighted by molar-refractivity contribution is 6.39. The van der Waals surface area contributed by atoms with Gasteiger partial charge >= 0.3 is 6.03 Å². The summed E-state index contributed by atoms with van der Waals surface area (Å²) < 4.78 is 5.90. The first-order valence-corrected chi connectivity index (χ1v) is 12.5. The number of aryl methyl sites for hydroxylation is 4. The molecule has 0 spiro atoms. The van der Waals surface area contributed by atoms with Gasteiger partial charge in [-0.25, -0.2) is 9.69 Å². The van der Waals surface area contributed by atoms with Crippen LogP contribution in [-0.2, 0) is 16.0 Å². The summed E-state index contributed by atoms with van der Waals surface area (Å²) in [6.45, 7) is 10.2. The fraction of sp³-hybridized carbons (Fsp3) is 0.233. The molecule has 7 heteroatoms. The number of carbonyl (C=O) groups excluding carboxylic acids is 3. The minimum atomic E-state index is -0.785. The van der Waals surface area contributed by atoms with Crippen molar-refractivity contribution >= 4 is 41.2 Å². The van der Waals surface area contributed by atoms with Crippen LogP contribution in [0.1, 0.15) is 45.9 Å². The van der Waals surface area contributed by atoms with Crippen molar-refractivity contribution in [2.24, 2.45) is 0 Å². The Kier molecular flexibility index (Phi) is 7.50. The molecule has 3 aromatic carbocycles. The van der Waals surface area contributed by atoms with Crippen molar-refractivity contribution in [1.29, 1.82) is 0 Å². The second kappa shape index (κ2) is 10.6. The van der Waals surface area contributed by atoms with Crippen molar-refractivity contribution in [1.82, 2.24) is 5.32 Å². The first-order chi connectivity index (χ1) is 17.6. The first kappa shape index (κ1) is 26.2. The molecule has 0 radical (unpaired) electrons. The predicted molar refractivity (Wildman–Crippen MR) is 146 cm³/mol. The lowest BCUT2D eigenvalue weighted by atomic mass is 9.98. The normalized spacial score (nSPS) is 14.8. The predicted octanol–water partition coefficient (Wildman–Crippen LogP) is 6.23. The molecule has 0 aromatic heterocycles. The van der Waals surface area contributed by atoms with E-state index < -0.39 is 17.8 Å². The molecule has 0 atom stereocenters. The van der Waals surface area contributed by atoms with Crippen LogP contribution < -0.4 is 15.0 Å². The summed E-state index contributed by atoms with van der Waals surface area (Å²) in [7, 11) is 0. The molecule has 1 aliphatic heterocycles. The largest absolute Gasteiger partial charge is 0.494 e. The standard InChI is InChI=1S/C30H29ClN2O4/c1-6-37-27-16-22(15-26(31)24(27)13-21-10-17(2)9-18(3)11-21)14-25-28(34)32-30(36)33(29(25)35)23-8-7-19(4)20(5)12-23/h7-12,14-16H,6,13H2,1-5H3,(H,32,34,36)/b25-14+. The summed E-state index contributed by atoms with van der Waals surface area (Å²) >= 11 is 6.71. The quantitative estimate of drug-likeness (QED) is 0.311. The molecule has 1 N–H and O–H groups in total. The fourth-order valence-corrected chi connectivity index (χ4v) is 4.75. The van der Waals surface area contributed by atoms with Crippen molar-refractivity contribution < 1.29 is 19.1 Å². The highest BCUT2D eigenvalue weighted by Gasteiger charge is 2.37. The maximum atomic E-state index is 13.3. The number of carbonyl (C=O) groups is 3. The van der Waals surface area contributed by atoms with Crippen LogP contribution in [0.15, 0.2) is 54.1 Å². The van der Waals surface area contributed by atoms with E-state index in [1.54, 1.807) is 24.3 Å². The van der Waals surface area contributed by atoms with E-state index in [4.69, 9.17) is 16.3 Å². The number of barbiturate groups is 1. The zero-order valence-electron chi connectivity index (χ0n) is 21.6. The Labute approximate surface area is 221 Å². The second-order valence-corrected chi connectivity index (χ2v) is 9.72. The number of amides is 4. The Bertz CT molecular complexity index is 1440. The van der Waals surface area contributed by atoms with Crippen LogP contribution in [0.4, 0.5) is 10.5 Å². The number of nitrogens with one attached hydrogen (secondary N) is 1. The fourth-order valence-electron chi connectivity index (χ4n) is 4.47. The lowest BCUT2D eigenvalue weighted by molar-refractivity contribution is -0.122. The average Bonchev–Trinajstić information content (AvgIpc) is 2.80. The number of rotatable bonds is 6. The Balaban J connectivity index is 1.73. The van der Waals surface area contributed by atoms with Gasteiger partial charge in [0, 0.05) is 17.0 Å². The molecule has 4 rings (SSSR count). The Morgan fingerprint density at radius 2 is 1.62 bits per heavy atom. The third-order valence-corrected chi connectivity index (χ3v) is 6.64. The van der Waals surface area contributed by atoms with E-state index in [-0.39, 0.29) is 5.57 Å². The SMILES string of the molecule is CCOc1cc(/C=C2\C(=O)NC(=O)N(c3ccc(C)c(C)c3)C2=O)cc(Cl)c1Cc1cc(C)cc(C)c1. The molecule has 1 heterocycles. The summed E-state index contributed by atoms with van der Waals surface area (Å²) in [5.41, 5.74) is 6.94. The monoisotopic (exact) mass is 516 g/mol. The van der Waals surface area contributed by atoms with Gasteiger partial charge in [0.25, 0.3) is 11.8 Å². The highest BCUT2D eigenvalue weighted by atomic mass is 35.5. The van der Waals surface area contributed by atoms with Crippen LogP contribution in [0.25, 0.3) is 6.08 Å². The molecule has 6 nitrogen and oxygen atoms in total. The van der Waals surface area contributed by atoms with Crippen LogP contribution in [0.5, 0.6) is 5.75 Å². The molecule has 0 bridgehead atoms. The van der Waals surface area contributed by atoms with Gasteiger partial charge < -0.3 is 4.74 Å². The molecule has 3 aromatic rings. The Morgan fingerprint density at radius 1 is 0.919 bits per heavy atom. The van der Waals surface area contributed by atoms with Crippen LogP contribution in [0.3, 0.4) is 0 Å². The molecule has 1 aliphatic rings. The zero-order chi connectivity index (χ0) is 26.9. The van der Waals surface area contributed by atoms with E-state index in [0.717, 1.165) is 38.3 Å². The molecule has 4 amide bonds. The number of imide groups is 2. The van der Waals surface area contributed by atoms with Gasteiger partial charge in [-0.1, -0.05) is 47.0 Å². The number of ether oxygens (including phenoxy) is 1. The number of benzene rings is 3. The molecular formula is C30H29ClN2O4. The molecule has 1 fully saturated rings. The number of nitrogens with zero attached hydrogens (tertiary/aromatic N) is 1. The van der Waals surface area contributed by atoms with Gasteiger partial charge in [-0.15, -0.1) is 0 Å². The van der Waals surface area contributed by atoms with E-state index in [1.807, 2.05) is 26.8 Å². The number of anilines is 1. The van der Waals surface area contributed by atoms with Gasteiger partial charge in [-0.05, 0) is 87.2 Å². The third-order valence-electron chi connectivity index (χ3n) is 6.30. The van der Waals surface area contributed by atoms with Crippen molar-refractivity contribution in [2.45, 2.75) is 41.0 Å². The summed E-state index contributed by atoms with van der Waals surface area (Å²) in [6, 6.07) is 14.3. The molecule has 190 valence electrons. The van der Waals surface area contributed by atoms with Crippen LogP contribution >= 0.6 is 11.6 Å². The summed E-state index contributed by atoms with van der Waals surface area (Å²) in [6.07, 6.45) is 2.01. The second-order valence-electron chi connectivity index (χ2n) is 9.31. The Hall–Kier alpha value is -3.90. The lowest BCUT2D eigenvalue weighted by Crippen LogP contribution is -2.54. The average molecular weight is 517 g/mol. The number of urea groups is 1. The van der Waals surface area contributed by atoms with Gasteiger partial charge in [0.1, 0.15) is 11.3 Å². The first-order valence-electron chi connectivity index (χ1n) is 12.1. The lowest BCUT2D eigenvalue weighted by Gasteiger charge is -2.27. The summed E-state index contributed by atoms with van der Waals surface area (Å²) in [5, 5.41) is 2.73. The van der Waals surface area contributed by atoms with Gasteiger partial charge in [-0.2, -0.15) is 0 Å². The summed E-state index contributed by atoms with van der Waals surface area (Å²) in [4.78, 5) is 39.5. The van der Waals surface area contributed by atoms with Crippen LogP contribution in [0, 0.1) is 27.7 Å². The molecule has 1 saturated heterocycles. The van der Waals surface area contributed by atoms with Gasteiger partial charge in [0.05, 0.1) is 12.3 Å². The van der Waals surface area contributed by atoms with Crippen LogP contribution in [-0.4, -0.2) is 24.5 Å². The topological polar surface area (TPSA) is 75.7 Å². The van der Waals surface area contributed by atoms with Crippen molar-refractivity contribution in [2.75, 3.05) is 11.5 Å². The van der Waals surface area contributed by atoms with Crippen molar-refractivity contribution in [3.63, 3.8) is 0 Å². The van der Waals surface area contributed by atoms with Gasteiger partial charge in [-0.3, -0.25) is 14.9 Å². The van der Waals surface area contributed by atoms with Gasteiger partial charge in [0.2, 0.25) is 0 Å². The smallest absolute Gasteiger partial charge is 0.335 e. The van der Waals surface area contributed by atoms with Gasteiger partial charge in [0.15, 0.2) is 0 Å². The van der Waals surface area contributed by atoms with E-state index in [2.05, 4.69) is 37.4 Å². The molecule has 0 saturated carbocycles. The number of hydrogen-bond acceptors (Lipinski definition) is 4. The molecule has 37 heavy (non-hydrogen) atoms. The molecule has 0 aliphatic carbocycles. The minimum Gasteiger partial charge on any atom is -0.494 e. The van der Waals surface area contributed by atoms with E-state index in [0.29, 0.717) is 35.1 Å². The van der Waals surface area contributed by atoms with E-state index >= 15 is 0 Å². The number of halogens is 1. The Morgan fingerprint density at radius 3 is 2.27 bits per heavy atom. The minimum absolute atomic E-state index is 0.168. The van der Waals surface area contributed by atoms with Crippen LogP contribution in [0.2, 0.25) is 5.02 Å². The number of hydrogen-bond donors (Lipinski definition) is 1. The van der Waals surface area contributed by atoms with E-state index in [1.165, 1.54) is 6.08 Å². The molecular weight excluding hydrogens is 488 g/mol. The maximum absolute atomic E-state index is 13.3. The zero-order valence-corrected chi connectivity index (χ0v) is 22.3. The van der Waals surface area contributed by atoms with Crippen molar-refractivity contribution in [3.8, 4) is 5.75 Å². The third kappa shape index (κ3) is 5.59. The highest BCUT2D eigenvalue weighted by Crippen LogP contribution is 2.33. The van der Waals surface area contributed by atoms with E-state index in [9.17, 15) is 14.4 Å². The maximum Gasteiger partial charge on any atom is 0.335 e. The van der Waals surface area contributed by atoms with Crippen molar-refractivity contribution in [3.05, 3.63) is 98.1 Å².